The van der Waals surface area contributed by atoms with Gasteiger partial charge in [0.25, 0.3) is 10.0 Å². The van der Waals surface area contributed by atoms with Crippen LogP contribution in [0.25, 0.3) is 0 Å². The van der Waals surface area contributed by atoms with Gasteiger partial charge in [-0.1, -0.05) is 18.2 Å². The summed E-state index contributed by atoms with van der Waals surface area (Å²) in [6.45, 7) is 2.54. The molecule has 0 atom stereocenters. The monoisotopic (exact) mass is 270 g/mol. The highest BCUT2D eigenvalue weighted by atomic mass is 32.2. The molecule has 0 fully saturated rings. The molecule has 2 amide bonds. The molecular formula is C11H14N2O4S. The number of nitrogens with one attached hydrogen (secondary N) is 2. The Labute approximate surface area is 105 Å². The maximum atomic E-state index is 11.9. The molecule has 0 aliphatic carbocycles. The number of carbonyl (C=O) groups excluding carboxylic acids is 2. The molecule has 0 bridgehead atoms. The summed E-state index contributed by atoms with van der Waals surface area (Å²) in [6.07, 6.45) is 0. The number of carbonyl (C=O) groups is 2. The molecule has 0 saturated carbocycles. The van der Waals surface area contributed by atoms with Crippen molar-refractivity contribution < 1.29 is 18.0 Å². The number of hydrogen-bond donors (Lipinski definition) is 2. The van der Waals surface area contributed by atoms with Crippen LogP contribution in [0.4, 0.5) is 0 Å². The molecule has 0 saturated heterocycles. The lowest BCUT2D eigenvalue weighted by molar-refractivity contribution is -0.119. The van der Waals surface area contributed by atoms with Crippen LogP contribution in [0.5, 0.6) is 0 Å². The van der Waals surface area contributed by atoms with Crippen LogP contribution in [0.2, 0.25) is 0 Å². The first kappa shape index (κ1) is 14.2. The minimum atomic E-state index is -3.89. The molecule has 2 N–H and O–H groups in total. The van der Waals surface area contributed by atoms with Crippen LogP contribution in [0.15, 0.2) is 29.2 Å². The van der Waals surface area contributed by atoms with Crippen molar-refractivity contribution in [3.63, 3.8) is 0 Å². The number of amides is 2. The summed E-state index contributed by atoms with van der Waals surface area (Å²) in [5.74, 6) is -0.925. The first-order valence-electron chi connectivity index (χ1n) is 5.18. The van der Waals surface area contributed by atoms with E-state index >= 15 is 0 Å². The van der Waals surface area contributed by atoms with Gasteiger partial charge in [0.05, 0.1) is 4.90 Å². The van der Waals surface area contributed by atoms with Crippen molar-refractivity contribution in [1.82, 2.24) is 10.0 Å². The van der Waals surface area contributed by atoms with Crippen molar-refractivity contribution in [3.8, 4) is 0 Å². The van der Waals surface area contributed by atoms with Crippen molar-refractivity contribution in [2.24, 2.45) is 0 Å². The van der Waals surface area contributed by atoms with Gasteiger partial charge in [-0.15, -0.1) is 0 Å². The van der Waals surface area contributed by atoms with Gasteiger partial charge in [0.2, 0.25) is 11.8 Å². The largest absolute Gasteiger partial charge is 0.352 e. The van der Waals surface area contributed by atoms with Crippen LogP contribution in [0, 0.1) is 0 Å². The lowest BCUT2D eigenvalue weighted by Gasteiger charge is -2.10. The molecule has 0 aliphatic heterocycles. The fraction of sp³-hybridized carbons (Fsp3) is 0.273. The number of benzene rings is 1. The molecule has 0 spiro atoms. The summed E-state index contributed by atoms with van der Waals surface area (Å²) in [5.41, 5.74) is 0.418. The Bertz CT molecular complexity index is 566. The van der Waals surface area contributed by atoms with Crippen LogP contribution < -0.4 is 10.0 Å². The second-order valence-corrected chi connectivity index (χ2v) is 5.33. The van der Waals surface area contributed by atoms with Gasteiger partial charge in [-0.2, -0.15) is 0 Å². The van der Waals surface area contributed by atoms with E-state index in [0.717, 1.165) is 6.92 Å². The highest BCUT2D eigenvalue weighted by Crippen LogP contribution is 2.14. The molecule has 1 aromatic carbocycles. The third-order valence-corrected chi connectivity index (χ3v) is 3.60. The summed E-state index contributed by atoms with van der Waals surface area (Å²) >= 11 is 0. The molecule has 98 valence electrons. The average Bonchev–Trinajstić information content (AvgIpc) is 2.25. The second kappa shape index (κ2) is 5.63. The van der Waals surface area contributed by atoms with E-state index in [4.69, 9.17) is 0 Å². The lowest BCUT2D eigenvalue weighted by atomic mass is 10.2. The summed E-state index contributed by atoms with van der Waals surface area (Å²) < 4.78 is 25.6. The van der Waals surface area contributed by atoms with E-state index in [-0.39, 0.29) is 17.3 Å². The Morgan fingerprint density at radius 1 is 1.11 bits per heavy atom. The Morgan fingerprint density at radius 2 is 1.72 bits per heavy atom. The van der Waals surface area contributed by atoms with Gasteiger partial charge in [-0.25, -0.2) is 13.1 Å². The Hall–Kier alpha value is -1.89. The summed E-state index contributed by atoms with van der Waals surface area (Å²) in [6, 6.07) is 6.16. The van der Waals surface area contributed by atoms with E-state index < -0.39 is 15.9 Å². The van der Waals surface area contributed by atoms with Crippen molar-refractivity contribution in [3.05, 3.63) is 29.8 Å². The Kier molecular flexibility index (Phi) is 4.43. The molecule has 0 radical (unpaired) electrons. The molecule has 18 heavy (non-hydrogen) atoms. The van der Waals surface area contributed by atoms with E-state index in [2.05, 4.69) is 5.32 Å². The third kappa shape index (κ3) is 3.85. The van der Waals surface area contributed by atoms with E-state index in [1.807, 2.05) is 4.72 Å². The van der Waals surface area contributed by atoms with Crippen molar-refractivity contribution in [2.75, 3.05) is 0 Å². The molecule has 7 heteroatoms. The maximum absolute atomic E-state index is 11.9. The zero-order valence-corrected chi connectivity index (χ0v) is 10.9. The molecule has 1 aromatic rings. The minimum Gasteiger partial charge on any atom is -0.352 e. The fourth-order valence-electron chi connectivity index (χ4n) is 1.38. The van der Waals surface area contributed by atoms with Gasteiger partial charge in [0.1, 0.15) is 0 Å². The lowest BCUT2D eigenvalue weighted by Crippen LogP contribution is -2.30. The quantitative estimate of drug-likeness (QED) is 0.814. The molecule has 1 rings (SSSR count). The van der Waals surface area contributed by atoms with Crippen LogP contribution in [0.1, 0.15) is 19.4 Å². The highest BCUT2D eigenvalue weighted by Gasteiger charge is 2.18. The topological polar surface area (TPSA) is 92.3 Å². The first-order valence-corrected chi connectivity index (χ1v) is 6.67. The second-order valence-electron chi connectivity index (χ2n) is 3.68. The zero-order valence-electron chi connectivity index (χ0n) is 10.1. The molecule has 6 nitrogen and oxygen atoms in total. The Morgan fingerprint density at radius 3 is 2.28 bits per heavy atom. The highest BCUT2D eigenvalue weighted by molar-refractivity contribution is 7.90. The average molecular weight is 270 g/mol. The van der Waals surface area contributed by atoms with Gasteiger partial charge < -0.3 is 5.32 Å². The molecule has 0 aliphatic rings. The molecule has 0 heterocycles. The van der Waals surface area contributed by atoms with Gasteiger partial charge in [-0.3, -0.25) is 9.59 Å². The van der Waals surface area contributed by atoms with Gasteiger partial charge >= 0.3 is 0 Å². The summed E-state index contributed by atoms with van der Waals surface area (Å²) in [5, 5.41) is 2.51. The Balaban J connectivity index is 3.08. The van der Waals surface area contributed by atoms with Crippen molar-refractivity contribution in [1.29, 1.82) is 0 Å². The fourth-order valence-corrected chi connectivity index (χ4v) is 2.61. The number of hydrogen-bond acceptors (Lipinski definition) is 4. The van der Waals surface area contributed by atoms with E-state index in [0.29, 0.717) is 5.56 Å². The zero-order chi connectivity index (χ0) is 13.8. The van der Waals surface area contributed by atoms with Gasteiger partial charge in [-0.05, 0) is 11.6 Å². The standard InChI is InChI=1S/C11H14N2O4S/c1-8(14)12-7-10-5-3-4-6-11(10)18(16,17)13-9(2)15/h3-6H,7H2,1-2H3,(H,12,14)(H,13,15). The normalized spacial score (nSPS) is 10.8. The van der Waals surface area contributed by atoms with Crippen molar-refractivity contribution in [2.45, 2.75) is 25.3 Å². The summed E-state index contributed by atoms with van der Waals surface area (Å²) in [4.78, 5) is 21.7. The van der Waals surface area contributed by atoms with Crippen LogP contribution >= 0.6 is 0 Å². The predicted octanol–water partition coefficient (Wildman–Crippen LogP) is 0.148. The first-order chi connectivity index (χ1) is 8.33. The smallest absolute Gasteiger partial charge is 0.264 e. The van der Waals surface area contributed by atoms with E-state index in [9.17, 15) is 18.0 Å². The predicted molar refractivity (Wildman–Crippen MR) is 65.0 cm³/mol. The SMILES string of the molecule is CC(=O)NCc1ccccc1S(=O)(=O)NC(C)=O. The maximum Gasteiger partial charge on any atom is 0.264 e. The van der Waals surface area contributed by atoms with E-state index in [1.165, 1.54) is 13.0 Å². The number of sulfonamides is 1. The molecule has 0 unspecified atom stereocenters. The van der Waals surface area contributed by atoms with E-state index in [1.54, 1.807) is 18.2 Å². The third-order valence-electron chi connectivity index (χ3n) is 2.07. The minimum absolute atomic E-state index is 0.0195. The van der Waals surface area contributed by atoms with Crippen LogP contribution in [0.3, 0.4) is 0 Å². The van der Waals surface area contributed by atoms with Gasteiger partial charge in [0, 0.05) is 20.4 Å². The molecular weight excluding hydrogens is 256 g/mol. The number of rotatable bonds is 4. The van der Waals surface area contributed by atoms with Gasteiger partial charge in [0.15, 0.2) is 0 Å². The summed E-state index contributed by atoms with van der Waals surface area (Å²) in [7, 11) is -3.89. The van der Waals surface area contributed by atoms with Crippen LogP contribution in [-0.4, -0.2) is 20.2 Å². The van der Waals surface area contributed by atoms with Crippen molar-refractivity contribution >= 4 is 21.8 Å². The molecule has 0 aromatic heterocycles. The van der Waals surface area contributed by atoms with Crippen LogP contribution in [-0.2, 0) is 26.2 Å².